The van der Waals surface area contributed by atoms with Crippen molar-refractivity contribution >= 4 is 5.96 Å². The van der Waals surface area contributed by atoms with E-state index in [4.69, 9.17) is 9.15 Å². The monoisotopic (exact) mass is 361 g/mol. The number of aryl methyl sites for hydroxylation is 1. The average Bonchev–Trinajstić information content (AvgIpc) is 3.36. The number of nitrogens with one attached hydrogen (secondary N) is 2. The zero-order valence-corrected chi connectivity index (χ0v) is 15.8. The molecule has 6 nitrogen and oxygen atoms in total. The summed E-state index contributed by atoms with van der Waals surface area (Å²) < 4.78 is 11.6. The van der Waals surface area contributed by atoms with Crippen molar-refractivity contribution in [3.63, 3.8) is 0 Å². The summed E-state index contributed by atoms with van der Waals surface area (Å²) in [5.74, 6) is 2.76. The summed E-state index contributed by atoms with van der Waals surface area (Å²) >= 11 is 0. The summed E-state index contributed by atoms with van der Waals surface area (Å²) in [6, 6.07) is 4.11. The average molecular weight is 361 g/mol. The fourth-order valence-electron chi connectivity index (χ4n) is 5.27. The van der Waals surface area contributed by atoms with Gasteiger partial charge in [-0.1, -0.05) is 12.8 Å². The number of guanidine groups is 1. The van der Waals surface area contributed by atoms with Crippen LogP contribution in [0, 0.1) is 18.3 Å². The van der Waals surface area contributed by atoms with Gasteiger partial charge in [0.2, 0.25) is 0 Å². The van der Waals surface area contributed by atoms with Crippen molar-refractivity contribution in [2.75, 3.05) is 19.7 Å². The standard InChI is InChI=1S/C20H31N3O3/c1-3-21-19(22-12-15(24)16-7-6-13(2)26-16)23-17-14-8-11-25-18(14)20(17)9-4-5-10-20/h6-7,14-15,17-18,24H,3-5,8-12H2,1-2H3,(H2,21,22,23). The lowest BCUT2D eigenvalue weighted by atomic mass is 9.54. The Balaban J connectivity index is 1.44. The molecule has 3 fully saturated rings. The number of aliphatic hydroxyl groups excluding tert-OH is 1. The van der Waals surface area contributed by atoms with Gasteiger partial charge in [0.1, 0.15) is 17.6 Å². The van der Waals surface area contributed by atoms with Crippen LogP contribution in [-0.2, 0) is 4.74 Å². The number of aliphatic imine (C=N–C) groups is 1. The first-order chi connectivity index (χ1) is 12.6. The van der Waals surface area contributed by atoms with Gasteiger partial charge in [0.25, 0.3) is 0 Å². The molecule has 144 valence electrons. The first kappa shape index (κ1) is 17.9. The topological polar surface area (TPSA) is 79.0 Å². The van der Waals surface area contributed by atoms with Gasteiger partial charge < -0.3 is 24.9 Å². The second-order valence-corrected chi connectivity index (χ2v) is 7.99. The van der Waals surface area contributed by atoms with Gasteiger partial charge >= 0.3 is 0 Å². The van der Waals surface area contributed by atoms with Gasteiger partial charge in [-0.2, -0.15) is 0 Å². The quantitative estimate of drug-likeness (QED) is 0.555. The lowest BCUT2D eigenvalue weighted by molar-refractivity contribution is -0.125. The molecule has 2 saturated carbocycles. The van der Waals surface area contributed by atoms with E-state index in [1.807, 2.05) is 19.1 Å². The molecule has 6 heteroatoms. The lowest BCUT2D eigenvalue weighted by Crippen LogP contribution is -2.69. The first-order valence-electron chi connectivity index (χ1n) is 10.0. The molecule has 2 aliphatic carbocycles. The lowest BCUT2D eigenvalue weighted by Gasteiger charge is -2.57. The minimum atomic E-state index is -0.719. The van der Waals surface area contributed by atoms with Crippen molar-refractivity contribution in [2.45, 2.75) is 64.2 Å². The second-order valence-electron chi connectivity index (χ2n) is 7.99. The molecule has 1 aromatic heterocycles. The van der Waals surface area contributed by atoms with Crippen molar-refractivity contribution in [1.82, 2.24) is 10.6 Å². The summed E-state index contributed by atoms with van der Waals surface area (Å²) in [7, 11) is 0. The highest BCUT2D eigenvalue weighted by molar-refractivity contribution is 5.80. The van der Waals surface area contributed by atoms with E-state index in [1.165, 1.54) is 25.7 Å². The molecule has 0 bridgehead atoms. The maximum absolute atomic E-state index is 10.3. The van der Waals surface area contributed by atoms with E-state index in [1.54, 1.807) is 0 Å². The number of furan rings is 1. The third kappa shape index (κ3) is 3.03. The van der Waals surface area contributed by atoms with E-state index in [2.05, 4.69) is 22.5 Å². The van der Waals surface area contributed by atoms with E-state index in [9.17, 15) is 5.11 Å². The molecule has 4 rings (SSSR count). The van der Waals surface area contributed by atoms with Crippen molar-refractivity contribution in [3.05, 3.63) is 23.7 Å². The van der Waals surface area contributed by atoms with Crippen LogP contribution in [-0.4, -0.2) is 42.9 Å². The van der Waals surface area contributed by atoms with Crippen LogP contribution in [0.25, 0.3) is 0 Å². The predicted molar refractivity (Wildman–Crippen MR) is 100 cm³/mol. The molecule has 0 radical (unpaired) electrons. The summed E-state index contributed by atoms with van der Waals surface area (Å²) in [4.78, 5) is 4.63. The Labute approximate surface area is 155 Å². The van der Waals surface area contributed by atoms with Gasteiger partial charge in [-0.3, -0.25) is 4.99 Å². The zero-order valence-electron chi connectivity index (χ0n) is 15.8. The van der Waals surface area contributed by atoms with Crippen molar-refractivity contribution < 1.29 is 14.3 Å². The molecule has 4 atom stereocenters. The van der Waals surface area contributed by atoms with Crippen LogP contribution in [0.5, 0.6) is 0 Å². The molecular weight excluding hydrogens is 330 g/mol. The van der Waals surface area contributed by atoms with Crippen LogP contribution in [0.4, 0.5) is 0 Å². The number of rotatable bonds is 5. The zero-order chi connectivity index (χ0) is 18.1. The normalized spacial score (nSPS) is 30.9. The number of fused-ring (bicyclic) bond motifs is 2. The highest BCUT2D eigenvalue weighted by atomic mass is 16.5. The minimum absolute atomic E-state index is 0.284. The van der Waals surface area contributed by atoms with Crippen LogP contribution in [0.1, 0.15) is 56.7 Å². The molecule has 4 unspecified atom stereocenters. The van der Waals surface area contributed by atoms with Crippen LogP contribution in [0.3, 0.4) is 0 Å². The van der Waals surface area contributed by atoms with E-state index in [-0.39, 0.29) is 12.0 Å². The Bertz CT molecular complexity index is 650. The minimum Gasteiger partial charge on any atom is -0.464 e. The maximum atomic E-state index is 10.3. The van der Waals surface area contributed by atoms with Crippen molar-refractivity contribution in [3.8, 4) is 0 Å². The van der Waals surface area contributed by atoms with Crippen LogP contribution < -0.4 is 10.6 Å². The van der Waals surface area contributed by atoms with E-state index >= 15 is 0 Å². The van der Waals surface area contributed by atoms with E-state index in [0.29, 0.717) is 23.8 Å². The van der Waals surface area contributed by atoms with Gasteiger partial charge in [0.05, 0.1) is 12.6 Å². The van der Waals surface area contributed by atoms with Crippen LogP contribution >= 0.6 is 0 Å². The van der Waals surface area contributed by atoms with Crippen molar-refractivity contribution in [1.29, 1.82) is 0 Å². The number of hydrogen-bond acceptors (Lipinski definition) is 4. The Hall–Kier alpha value is -1.53. The first-order valence-corrected chi connectivity index (χ1v) is 10.0. The largest absolute Gasteiger partial charge is 0.464 e. The Morgan fingerprint density at radius 3 is 2.88 bits per heavy atom. The van der Waals surface area contributed by atoms with Crippen molar-refractivity contribution in [2.24, 2.45) is 16.3 Å². The molecular formula is C20H31N3O3. The highest BCUT2D eigenvalue weighted by Crippen LogP contribution is 2.60. The Morgan fingerprint density at radius 1 is 1.38 bits per heavy atom. The fraction of sp³-hybridized carbons (Fsp3) is 0.750. The third-order valence-corrected chi connectivity index (χ3v) is 6.43. The molecule has 26 heavy (non-hydrogen) atoms. The van der Waals surface area contributed by atoms with Gasteiger partial charge in [-0.25, -0.2) is 0 Å². The second kappa shape index (κ2) is 7.24. The number of ether oxygens (including phenoxy) is 1. The summed E-state index contributed by atoms with van der Waals surface area (Å²) in [6.07, 6.45) is 5.95. The third-order valence-electron chi connectivity index (χ3n) is 6.43. The van der Waals surface area contributed by atoms with Gasteiger partial charge in [-0.15, -0.1) is 0 Å². The summed E-state index contributed by atoms with van der Waals surface area (Å²) in [5, 5.41) is 17.4. The SMILES string of the molecule is CCNC(=NCC(O)c1ccc(C)o1)NC1C2CCOC2C12CCCC2. The number of nitrogens with zero attached hydrogens (tertiary/aromatic N) is 1. The van der Waals surface area contributed by atoms with E-state index < -0.39 is 6.10 Å². The molecule has 3 N–H and O–H groups in total. The fourth-order valence-corrected chi connectivity index (χ4v) is 5.27. The molecule has 3 aliphatic rings. The van der Waals surface area contributed by atoms with Gasteiger partial charge in [-0.05, 0) is 45.2 Å². The van der Waals surface area contributed by atoms with Gasteiger partial charge in [0, 0.05) is 30.5 Å². The molecule has 0 aromatic carbocycles. The van der Waals surface area contributed by atoms with Crippen LogP contribution in [0.2, 0.25) is 0 Å². The molecule has 1 aliphatic heterocycles. The predicted octanol–water partition coefficient (Wildman–Crippen LogP) is 2.52. The highest BCUT2D eigenvalue weighted by Gasteiger charge is 2.65. The smallest absolute Gasteiger partial charge is 0.191 e. The van der Waals surface area contributed by atoms with Crippen LogP contribution in [0.15, 0.2) is 21.5 Å². The summed E-state index contributed by atoms with van der Waals surface area (Å²) in [5.41, 5.74) is 0.286. The maximum Gasteiger partial charge on any atom is 0.191 e. The molecule has 0 amide bonds. The Morgan fingerprint density at radius 2 is 2.19 bits per heavy atom. The van der Waals surface area contributed by atoms with Gasteiger partial charge in [0.15, 0.2) is 5.96 Å². The number of hydrogen-bond donors (Lipinski definition) is 3. The molecule has 1 spiro atoms. The van der Waals surface area contributed by atoms with E-state index in [0.717, 1.165) is 31.3 Å². The Kier molecular flexibility index (Phi) is 4.97. The molecule has 2 heterocycles. The molecule has 1 saturated heterocycles. The summed E-state index contributed by atoms with van der Waals surface area (Å²) in [6.45, 7) is 5.91. The number of aliphatic hydroxyl groups is 1. The molecule has 1 aromatic rings.